The summed E-state index contributed by atoms with van der Waals surface area (Å²) in [5.74, 6) is 2.57. The van der Waals surface area contributed by atoms with E-state index in [0.29, 0.717) is 22.3 Å². The van der Waals surface area contributed by atoms with Gasteiger partial charge in [0, 0.05) is 15.6 Å². The van der Waals surface area contributed by atoms with Crippen LogP contribution < -0.4 is 4.74 Å². The first kappa shape index (κ1) is 15.2. The molecular formula is C19H16BrClO2. The Morgan fingerprint density at radius 1 is 1.04 bits per heavy atom. The predicted octanol–water partition coefficient (Wildman–Crippen LogP) is 5.51. The van der Waals surface area contributed by atoms with E-state index in [1.54, 1.807) is 12.1 Å². The van der Waals surface area contributed by atoms with E-state index in [9.17, 15) is 4.79 Å². The maximum Gasteiger partial charge on any atom is 0.194 e. The molecule has 0 aliphatic heterocycles. The lowest BCUT2D eigenvalue weighted by Gasteiger charge is -2.15. The second-order valence-corrected chi connectivity index (χ2v) is 7.77. The number of hydrogen-bond acceptors (Lipinski definition) is 2. The van der Waals surface area contributed by atoms with Crippen LogP contribution >= 0.6 is 27.5 Å². The fourth-order valence-corrected chi connectivity index (χ4v) is 4.02. The molecule has 0 saturated heterocycles. The van der Waals surface area contributed by atoms with Crippen molar-refractivity contribution in [2.45, 2.75) is 25.4 Å². The molecule has 23 heavy (non-hydrogen) atoms. The molecule has 2 aliphatic carbocycles. The van der Waals surface area contributed by atoms with E-state index in [0.717, 1.165) is 22.1 Å². The number of halogens is 2. The van der Waals surface area contributed by atoms with Gasteiger partial charge in [0.05, 0.1) is 11.1 Å². The van der Waals surface area contributed by atoms with Gasteiger partial charge in [-0.3, -0.25) is 4.79 Å². The van der Waals surface area contributed by atoms with Crippen molar-refractivity contribution < 1.29 is 9.53 Å². The zero-order valence-corrected chi connectivity index (χ0v) is 14.8. The average Bonchev–Trinajstić information content (AvgIpc) is 3.16. The van der Waals surface area contributed by atoms with Gasteiger partial charge in [0.25, 0.3) is 0 Å². The molecule has 2 aromatic rings. The third kappa shape index (κ3) is 3.17. The summed E-state index contributed by atoms with van der Waals surface area (Å²) in [4.78, 5) is 12.6. The maximum atomic E-state index is 12.6. The zero-order chi connectivity index (χ0) is 16.0. The predicted molar refractivity (Wildman–Crippen MR) is 94.3 cm³/mol. The highest BCUT2D eigenvalue weighted by atomic mass is 79.9. The van der Waals surface area contributed by atoms with Crippen LogP contribution in [0.2, 0.25) is 5.02 Å². The van der Waals surface area contributed by atoms with Crippen LogP contribution in [0.3, 0.4) is 0 Å². The van der Waals surface area contributed by atoms with E-state index >= 15 is 0 Å². The van der Waals surface area contributed by atoms with Gasteiger partial charge in [-0.1, -0.05) is 27.5 Å². The monoisotopic (exact) mass is 390 g/mol. The average molecular weight is 392 g/mol. The van der Waals surface area contributed by atoms with E-state index in [1.165, 1.54) is 19.3 Å². The van der Waals surface area contributed by atoms with Gasteiger partial charge < -0.3 is 4.74 Å². The zero-order valence-electron chi connectivity index (χ0n) is 12.5. The molecule has 0 spiro atoms. The summed E-state index contributed by atoms with van der Waals surface area (Å²) in [6.07, 6.45) is 4.10. The van der Waals surface area contributed by atoms with Gasteiger partial charge in [-0.15, -0.1) is 0 Å². The molecule has 0 heterocycles. The number of rotatable bonds is 4. The Bertz CT molecular complexity index is 746. The van der Waals surface area contributed by atoms with E-state index in [2.05, 4.69) is 15.9 Å². The summed E-state index contributed by atoms with van der Waals surface area (Å²) in [5, 5.41) is 0.462. The van der Waals surface area contributed by atoms with Gasteiger partial charge in [0.2, 0.25) is 0 Å². The van der Waals surface area contributed by atoms with Gasteiger partial charge in [0.1, 0.15) is 5.75 Å². The topological polar surface area (TPSA) is 26.3 Å². The second-order valence-electron chi connectivity index (χ2n) is 6.44. The first-order chi connectivity index (χ1) is 11.1. The Morgan fingerprint density at radius 3 is 2.43 bits per heavy atom. The highest BCUT2D eigenvalue weighted by Gasteiger charge is 2.46. The normalized spacial score (nSPS) is 25.0. The van der Waals surface area contributed by atoms with Crippen molar-refractivity contribution in [3.63, 3.8) is 0 Å². The number of carbonyl (C=O) groups excluding carboxylic acids is 1. The number of benzene rings is 2. The lowest BCUT2D eigenvalue weighted by atomic mass is 10.0. The van der Waals surface area contributed by atoms with Crippen molar-refractivity contribution in [1.82, 2.24) is 0 Å². The third-order valence-electron chi connectivity index (χ3n) is 4.79. The van der Waals surface area contributed by atoms with Crippen LogP contribution in [-0.4, -0.2) is 11.9 Å². The molecule has 2 aromatic carbocycles. The highest BCUT2D eigenvalue weighted by Crippen LogP contribution is 2.52. The maximum absolute atomic E-state index is 12.6. The molecule has 0 bridgehead atoms. The molecule has 2 fully saturated rings. The van der Waals surface area contributed by atoms with Crippen LogP contribution in [0.1, 0.15) is 35.2 Å². The number of carbonyl (C=O) groups is 1. The smallest absolute Gasteiger partial charge is 0.194 e. The minimum absolute atomic E-state index is 0.0787. The minimum atomic E-state index is -0.0787. The lowest BCUT2D eigenvalue weighted by molar-refractivity contribution is 0.103. The van der Waals surface area contributed by atoms with E-state index < -0.39 is 0 Å². The van der Waals surface area contributed by atoms with Crippen molar-refractivity contribution in [2.75, 3.05) is 0 Å². The van der Waals surface area contributed by atoms with E-state index in [1.807, 2.05) is 30.3 Å². The molecule has 4 heteroatoms. The summed E-state index contributed by atoms with van der Waals surface area (Å²) >= 11 is 9.51. The fraction of sp³-hybridized carbons (Fsp3) is 0.316. The van der Waals surface area contributed by atoms with Crippen LogP contribution in [0.15, 0.2) is 46.9 Å². The Balaban J connectivity index is 1.48. The van der Waals surface area contributed by atoms with Crippen molar-refractivity contribution in [1.29, 1.82) is 0 Å². The van der Waals surface area contributed by atoms with Gasteiger partial charge in [0.15, 0.2) is 5.78 Å². The summed E-state index contributed by atoms with van der Waals surface area (Å²) < 4.78 is 6.85. The molecular weight excluding hydrogens is 376 g/mol. The van der Waals surface area contributed by atoms with Gasteiger partial charge in [-0.05, 0) is 73.6 Å². The number of hydrogen-bond donors (Lipinski definition) is 0. The summed E-state index contributed by atoms with van der Waals surface area (Å²) in [6, 6.07) is 12.7. The number of ketones is 1. The molecule has 2 atom stereocenters. The Kier molecular flexibility index (Phi) is 3.94. The number of fused-ring (bicyclic) bond motifs is 1. The fourth-order valence-electron chi connectivity index (χ4n) is 3.46. The van der Waals surface area contributed by atoms with Gasteiger partial charge in [-0.2, -0.15) is 0 Å². The standard InChI is InChI=1S/C19H16BrClO2/c20-14-3-6-18(21)17(10-14)19(22)11-1-4-15(5-2-11)23-16-8-12-7-13(12)9-16/h1-6,10,12-13,16H,7-9H2. The lowest BCUT2D eigenvalue weighted by Crippen LogP contribution is -2.13. The largest absolute Gasteiger partial charge is 0.490 e. The highest BCUT2D eigenvalue weighted by molar-refractivity contribution is 9.10. The Morgan fingerprint density at radius 2 is 1.74 bits per heavy atom. The molecule has 0 amide bonds. The van der Waals surface area contributed by atoms with E-state index in [4.69, 9.17) is 16.3 Å². The van der Waals surface area contributed by atoms with Gasteiger partial charge in [-0.25, -0.2) is 0 Å². The van der Waals surface area contributed by atoms with Crippen molar-refractivity contribution in [3.8, 4) is 5.75 Å². The Labute approximate surface area is 148 Å². The van der Waals surface area contributed by atoms with Crippen molar-refractivity contribution >= 4 is 33.3 Å². The van der Waals surface area contributed by atoms with Crippen molar-refractivity contribution in [2.24, 2.45) is 11.8 Å². The first-order valence-corrected chi connectivity index (χ1v) is 9.04. The summed E-state index contributed by atoms with van der Waals surface area (Å²) in [5.41, 5.74) is 1.12. The molecule has 2 saturated carbocycles. The van der Waals surface area contributed by atoms with Crippen molar-refractivity contribution in [3.05, 3.63) is 63.1 Å². The van der Waals surface area contributed by atoms with Crippen LogP contribution in [0.4, 0.5) is 0 Å². The molecule has 2 nitrogen and oxygen atoms in total. The van der Waals surface area contributed by atoms with Gasteiger partial charge >= 0.3 is 0 Å². The van der Waals surface area contributed by atoms with Crippen LogP contribution in [-0.2, 0) is 0 Å². The van der Waals surface area contributed by atoms with Crippen LogP contribution in [0.25, 0.3) is 0 Å². The quantitative estimate of drug-likeness (QED) is 0.642. The van der Waals surface area contributed by atoms with Crippen LogP contribution in [0, 0.1) is 11.8 Å². The molecule has 2 aliphatic rings. The second kappa shape index (κ2) is 5.95. The molecule has 0 radical (unpaired) electrons. The SMILES string of the molecule is O=C(c1ccc(OC2CC3CC3C2)cc1)c1cc(Br)ccc1Cl. The molecule has 118 valence electrons. The third-order valence-corrected chi connectivity index (χ3v) is 5.62. The molecule has 0 N–H and O–H groups in total. The minimum Gasteiger partial charge on any atom is -0.490 e. The first-order valence-electron chi connectivity index (χ1n) is 7.86. The van der Waals surface area contributed by atoms with E-state index in [-0.39, 0.29) is 5.78 Å². The molecule has 2 unspecified atom stereocenters. The summed E-state index contributed by atoms with van der Waals surface area (Å²) in [7, 11) is 0. The summed E-state index contributed by atoms with van der Waals surface area (Å²) in [6.45, 7) is 0. The van der Waals surface area contributed by atoms with Crippen LogP contribution in [0.5, 0.6) is 5.75 Å². The number of ether oxygens (including phenoxy) is 1. The molecule has 0 aromatic heterocycles. The Hall–Kier alpha value is -1.32. The molecule has 4 rings (SSSR count).